The van der Waals surface area contributed by atoms with Gasteiger partial charge >= 0.3 is 5.97 Å². The summed E-state index contributed by atoms with van der Waals surface area (Å²) in [6, 6.07) is 3.81. The van der Waals surface area contributed by atoms with Gasteiger partial charge in [0.15, 0.2) is 0 Å². The average Bonchev–Trinajstić information content (AvgIpc) is 2.62. The maximum Gasteiger partial charge on any atom is 0.338 e. The first-order valence-electron chi connectivity index (χ1n) is 5.69. The van der Waals surface area contributed by atoms with Crippen LogP contribution in [-0.2, 0) is 4.74 Å². The highest BCUT2D eigenvalue weighted by Gasteiger charge is 2.23. The summed E-state index contributed by atoms with van der Waals surface area (Å²) in [6.45, 7) is 7.35. The Kier molecular flexibility index (Phi) is 2.86. The molecule has 1 aromatic rings. The molecule has 2 rings (SSSR count). The molecular weight excluding hydrogens is 202 g/mol. The van der Waals surface area contributed by atoms with Gasteiger partial charge in [0.05, 0.1) is 12.2 Å². The van der Waals surface area contributed by atoms with Gasteiger partial charge < -0.3 is 10.1 Å². The van der Waals surface area contributed by atoms with Crippen molar-refractivity contribution in [3.8, 4) is 0 Å². The standard InChI is InChI=1S/C13H17NO2/c1-4-16-13(15)10-5-6-11-12(9(10)3)8(2)7-14-11/h5-6,8,14H,4,7H2,1-3H3. The fourth-order valence-corrected chi connectivity index (χ4v) is 2.31. The predicted octanol–water partition coefficient (Wildman–Crippen LogP) is 2.70. The van der Waals surface area contributed by atoms with E-state index in [9.17, 15) is 4.79 Å². The van der Waals surface area contributed by atoms with Crippen molar-refractivity contribution in [1.82, 2.24) is 0 Å². The van der Waals surface area contributed by atoms with E-state index in [4.69, 9.17) is 4.74 Å². The number of nitrogens with one attached hydrogen (secondary N) is 1. The Bertz CT molecular complexity index is 426. The van der Waals surface area contributed by atoms with E-state index in [-0.39, 0.29) is 5.97 Å². The molecular formula is C13H17NO2. The van der Waals surface area contributed by atoms with Crippen molar-refractivity contribution >= 4 is 11.7 Å². The fourth-order valence-electron chi connectivity index (χ4n) is 2.31. The number of benzene rings is 1. The van der Waals surface area contributed by atoms with Crippen molar-refractivity contribution in [1.29, 1.82) is 0 Å². The third-order valence-corrected chi connectivity index (χ3v) is 3.10. The molecule has 1 atom stereocenters. The molecule has 0 fully saturated rings. The summed E-state index contributed by atoms with van der Waals surface area (Å²) in [4.78, 5) is 11.7. The molecule has 1 aliphatic rings. The van der Waals surface area contributed by atoms with E-state index >= 15 is 0 Å². The van der Waals surface area contributed by atoms with E-state index in [0.717, 1.165) is 17.8 Å². The van der Waals surface area contributed by atoms with Gasteiger partial charge in [-0.15, -0.1) is 0 Å². The van der Waals surface area contributed by atoms with Crippen molar-refractivity contribution < 1.29 is 9.53 Å². The van der Waals surface area contributed by atoms with Crippen LogP contribution in [0.4, 0.5) is 5.69 Å². The van der Waals surface area contributed by atoms with Crippen LogP contribution in [0, 0.1) is 6.92 Å². The van der Waals surface area contributed by atoms with Crippen molar-refractivity contribution in [3.63, 3.8) is 0 Å². The molecule has 0 aliphatic carbocycles. The quantitative estimate of drug-likeness (QED) is 0.777. The summed E-state index contributed by atoms with van der Waals surface area (Å²) in [7, 11) is 0. The molecule has 3 nitrogen and oxygen atoms in total. The maximum atomic E-state index is 11.7. The van der Waals surface area contributed by atoms with E-state index in [1.165, 1.54) is 5.56 Å². The zero-order valence-electron chi connectivity index (χ0n) is 9.96. The van der Waals surface area contributed by atoms with Crippen LogP contribution in [0.3, 0.4) is 0 Å². The second kappa shape index (κ2) is 4.16. The molecule has 3 heteroatoms. The van der Waals surface area contributed by atoms with E-state index in [2.05, 4.69) is 12.2 Å². The summed E-state index contributed by atoms with van der Waals surface area (Å²) in [6.07, 6.45) is 0. The molecule has 1 aliphatic heterocycles. The van der Waals surface area contributed by atoms with Gasteiger partial charge in [-0.05, 0) is 37.1 Å². The molecule has 1 aromatic carbocycles. The minimum absolute atomic E-state index is 0.220. The second-order valence-electron chi connectivity index (χ2n) is 4.20. The van der Waals surface area contributed by atoms with Crippen LogP contribution in [0.25, 0.3) is 0 Å². The van der Waals surface area contributed by atoms with Crippen LogP contribution in [0.5, 0.6) is 0 Å². The van der Waals surface area contributed by atoms with Crippen LogP contribution < -0.4 is 5.32 Å². The number of hydrogen-bond donors (Lipinski definition) is 1. The van der Waals surface area contributed by atoms with Crippen LogP contribution in [-0.4, -0.2) is 19.1 Å². The lowest BCUT2D eigenvalue weighted by Crippen LogP contribution is -2.08. The van der Waals surface area contributed by atoms with E-state index in [1.54, 1.807) is 0 Å². The topological polar surface area (TPSA) is 38.3 Å². The number of ether oxygens (including phenoxy) is 1. The molecule has 0 spiro atoms. The van der Waals surface area contributed by atoms with E-state index < -0.39 is 0 Å². The first-order chi connectivity index (χ1) is 7.65. The lowest BCUT2D eigenvalue weighted by atomic mass is 9.94. The Morgan fingerprint density at radius 1 is 1.56 bits per heavy atom. The monoisotopic (exact) mass is 219 g/mol. The van der Waals surface area contributed by atoms with E-state index in [0.29, 0.717) is 18.1 Å². The molecule has 86 valence electrons. The number of fused-ring (bicyclic) bond motifs is 1. The SMILES string of the molecule is CCOC(=O)c1ccc2c(c1C)C(C)CN2. The first kappa shape index (κ1) is 11.0. The van der Waals surface area contributed by atoms with Gasteiger partial charge in [0, 0.05) is 18.2 Å². The maximum absolute atomic E-state index is 11.7. The van der Waals surface area contributed by atoms with Gasteiger partial charge in [-0.1, -0.05) is 6.92 Å². The average molecular weight is 219 g/mol. The number of rotatable bonds is 2. The minimum atomic E-state index is -0.220. The Balaban J connectivity index is 2.43. The smallest absolute Gasteiger partial charge is 0.338 e. The van der Waals surface area contributed by atoms with Crippen LogP contribution in [0.1, 0.15) is 41.3 Å². The lowest BCUT2D eigenvalue weighted by molar-refractivity contribution is 0.0525. The van der Waals surface area contributed by atoms with Crippen LogP contribution in [0.2, 0.25) is 0 Å². The van der Waals surface area contributed by atoms with Crippen molar-refractivity contribution in [3.05, 3.63) is 28.8 Å². The Morgan fingerprint density at radius 2 is 2.31 bits per heavy atom. The van der Waals surface area contributed by atoms with Gasteiger partial charge in [0.2, 0.25) is 0 Å². The molecule has 1 heterocycles. The molecule has 0 bridgehead atoms. The summed E-state index contributed by atoms with van der Waals surface area (Å²) < 4.78 is 5.04. The molecule has 0 aromatic heterocycles. The number of esters is 1. The lowest BCUT2D eigenvalue weighted by Gasteiger charge is -2.11. The predicted molar refractivity (Wildman–Crippen MR) is 64.0 cm³/mol. The van der Waals surface area contributed by atoms with Crippen LogP contribution in [0.15, 0.2) is 12.1 Å². The zero-order chi connectivity index (χ0) is 11.7. The Hall–Kier alpha value is -1.51. The zero-order valence-corrected chi connectivity index (χ0v) is 9.96. The minimum Gasteiger partial charge on any atom is -0.462 e. The molecule has 0 amide bonds. The highest BCUT2D eigenvalue weighted by Crippen LogP contribution is 2.35. The molecule has 0 saturated carbocycles. The molecule has 1 N–H and O–H groups in total. The summed E-state index contributed by atoms with van der Waals surface area (Å²) >= 11 is 0. The summed E-state index contributed by atoms with van der Waals surface area (Å²) in [5.41, 5.74) is 4.15. The Morgan fingerprint density at radius 3 is 3.00 bits per heavy atom. The van der Waals surface area contributed by atoms with Gasteiger partial charge in [-0.25, -0.2) is 4.79 Å². The fraction of sp³-hybridized carbons (Fsp3) is 0.462. The Labute approximate surface area is 95.8 Å². The largest absolute Gasteiger partial charge is 0.462 e. The van der Waals surface area contributed by atoms with Gasteiger partial charge in [-0.3, -0.25) is 0 Å². The number of carbonyl (C=O) groups excluding carboxylic acids is 1. The van der Waals surface area contributed by atoms with Crippen LogP contribution >= 0.6 is 0 Å². The normalized spacial score (nSPS) is 17.8. The molecule has 0 saturated heterocycles. The third kappa shape index (κ3) is 1.66. The molecule has 16 heavy (non-hydrogen) atoms. The van der Waals surface area contributed by atoms with Gasteiger partial charge in [0.1, 0.15) is 0 Å². The third-order valence-electron chi connectivity index (χ3n) is 3.10. The second-order valence-corrected chi connectivity index (χ2v) is 4.20. The number of anilines is 1. The molecule has 1 unspecified atom stereocenters. The summed E-state index contributed by atoms with van der Waals surface area (Å²) in [5.74, 6) is 0.242. The van der Waals surface area contributed by atoms with E-state index in [1.807, 2.05) is 26.0 Å². The highest BCUT2D eigenvalue weighted by molar-refractivity contribution is 5.92. The van der Waals surface area contributed by atoms with Crippen molar-refractivity contribution in [2.45, 2.75) is 26.7 Å². The van der Waals surface area contributed by atoms with Crippen molar-refractivity contribution in [2.24, 2.45) is 0 Å². The van der Waals surface area contributed by atoms with Crippen molar-refractivity contribution in [2.75, 3.05) is 18.5 Å². The first-order valence-corrected chi connectivity index (χ1v) is 5.69. The van der Waals surface area contributed by atoms with Gasteiger partial charge in [-0.2, -0.15) is 0 Å². The molecule has 0 radical (unpaired) electrons. The van der Waals surface area contributed by atoms with Gasteiger partial charge in [0.25, 0.3) is 0 Å². The number of carbonyl (C=O) groups is 1. The number of hydrogen-bond acceptors (Lipinski definition) is 3. The highest BCUT2D eigenvalue weighted by atomic mass is 16.5. The summed E-state index contributed by atoms with van der Waals surface area (Å²) in [5, 5.41) is 3.34.